The van der Waals surface area contributed by atoms with Crippen LogP contribution in [-0.4, -0.2) is 36.1 Å². The summed E-state index contributed by atoms with van der Waals surface area (Å²) < 4.78 is 24.3. The number of likely N-dealkylation sites (tertiary alicyclic amines) is 1. The molecule has 4 rings (SSSR count). The van der Waals surface area contributed by atoms with Gasteiger partial charge < -0.3 is 14.8 Å². The fraction of sp³-hybridized carbons (Fsp3) is 0.263. The number of benzene rings is 2. The molecule has 2 amide bonds. The molecule has 1 atom stereocenters. The Bertz CT molecular complexity index is 870. The van der Waals surface area contributed by atoms with Crippen LogP contribution in [0, 0.1) is 5.82 Å². The van der Waals surface area contributed by atoms with E-state index in [2.05, 4.69) is 5.32 Å². The minimum Gasteiger partial charge on any atom is -0.454 e. The summed E-state index contributed by atoms with van der Waals surface area (Å²) in [5, 5.41) is 3.07. The van der Waals surface area contributed by atoms with E-state index in [0.717, 1.165) is 0 Å². The van der Waals surface area contributed by atoms with Gasteiger partial charge in [-0.15, -0.1) is 0 Å². The van der Waals surface area contributed by atoms with Crippen LogP contribution < -0.4 is 14.8 Å². The van der Waals surface area contributed by atoms with Gasteiger partial charge in [-0.05, 0) is 30.2 Å². The molecule has 2 aromatic carbocycles. The molecule has 1 fully saturated rings. The molecule has 0 aromatic heterocycles. The number of hydrogen-bond donors (Lipinski definition) is 1. The van der Waals surface area contributed by atoms with Crippen molar-refractivity contribution < 1.29 is 23.5 Å². The number of nitrogens with one attached hydrogen (secondary N) is 1. The van der Waals surface area contributed by atoms with E-state index in [4.69, 9.17) is 9.47 Å². The monoisotopic (exact) mass is 356 g/mol. The van der Waals surface area contributed by atoms with E-state index in [0.29, 0.717) is 29.2 Å². The average molecular weight is 356 g/mol. The number of nitrogens with zero attached hydrogens (tertiary/aromatic N) is 1. The second-order valence-corrected chi connectivity index (χ2v) is 6.19. The Balaban J connectivity index is 1.41. The lowest BCUT2D eigenvalue weighted by molar-refractivity contribution is -0.138. The minimum atomic E-state index is -0.636. The smallest absolute Gasteiger partial charge is 0.252 e. The van der Waals surface area contributed by atoms with Crippen molar-refractivity contribution in [2.45, 2.75) is 18.9 Å². The Morgan fingerprint density at radius 1 is 1.12 bits per heavy atom. The lowest BCUT2D eigenvalue weighted by Crippen LogP contribution is -2.36. The number of hydrogen-bond acceptors (Lipinski definition) is 5. The predicted molar refractivity (Wildman–Crippen MR) is 91.4 cm³/mol. The number of anilines is 1. The van der Waals surface area contributed by atoms with Gasteiger partial charge >= 0.3 is 0 Å². The normalized spacial score (nSPS) is 18.5. The topological polar surface area (TPSA) is 67.9 Å². The molecule has 0 bridgehead atoms. The first-order valence-electron chi connectivity index (χ1n) is 8.35. The van der Waals surface area contributed by atoms with Crippen LogP contribution in [0.3, 0.4) is 0 Å². The Labute approximate surface area is 149 Å². The number of fused-ring (bicyclic) bond motifs is 1. The van der Waals surface area contributed by atoms with Crippen LogP contribution >= 0.6 is 0 Å². The maximum absolute atomic E-state index is 13.7. The van der Waals surface area contributed by atoms with Gasteiger partial charge in [0.05, 0.1) is 6.42 Å². The summed E-state index contributed by atoms with van der Waals surface area (Å²) in [7, 11) is 0. The number of carbonyl (C=O) groups is 2. The predicted octanol–water partition coefficient (Wildman–Crippen LogP) is 2.34. The van der Waals surface area contributed by atoms with Gasteiger partial charge in [0.25, 0.3) is 5.91 Å². The highest BCUT2D eigenvalue weighted by molar-refractivity contribution is 6.06. The summed E-state index contributed by atoms with van der Waals surface area (Å²) >= 11 is 0. The fourth-order valence-electron chi connectivity index (χ4n) is 3.15. The Kier molecular flexibility index (Phi) is 4.20. The molecule has 1 N–H and O–H groups in total. The second-order valence-electron chi connectivity index (χ2n) is 6.19. The number of ether oxygens (including phenoxy) is 2. The summed E-state index contributed by atoms with van der Waals surface area (Å²) in [6.07, 6.45) is 0.367. The van der Waals surface area contributed by atoms with Crippen LogP contribution in [-0.2, 0) is 16.0 Å². The number of imide groups is 1. The van der Waals surface area contributed by atoms with E-state index in [9.17, 15) is 14.0 Å². The highest BCUT2D eigenvalue weighted by Crippen LogP contribution is 2.34. The minimum absolute atomic E-state index is 0.0740. The van der Waals surface area contributed by atoms with Crippen molar-refractivity contribution in [1.29, 1.82) is 0 Å². The van der Waals surface area contributed by atoms with Crippen LogP contribution in [0.4, 0.5) is 10.1 Å². The molecular formula is C19H17FN2O4. The molecular weight excluding hydrogens is 339 g/mol. The summed E-state index contributed by atoms with van der Waals surface area (Å²) in [5.74, 6) is 0.356. The molecule has 1 saturated heterocycles. The van der Waals surface area contributed by atoms with Gasteiger partial charge in [0.15, 0.2) is 11.5 Å². The molecule has 2 aliphatic heterocycles. The molecule has 0 saturated carbocycles. The SMILES string of the molecule is O=C1C[C@H](Nc2ccc3c(c2)OCO3)C(=O)N1CCc1ccccc1F. The Morgan fingerprint density at radius 3 is 2.77 bits per heavy atom. The molecule has 0 unspecified atom stereocenters. The van der Waals surface area contributed by atoms with Gasteiger partial charge in [-0.25, -0.2) is 4.39 Å². The van der Waals surface area contributed by atoms with Crippen LogP contribution in [0.25, 0.3) is 0 Å². The molecule has 0 spiro atoms. The van der Waals surface area contributed by atoms with Crippen molar-refractivity contribution in [1.82, 2.24) is 4.90 Å². The second kappa shape index (κ2) is 6.67. The van der Waals surface area contributed by atoms with Crippen molar-refractivity contribution in [2.24, 2.45) is 0 Å². The first-order valence-corrected chi connectivity index (χ1v) is 8.35. The number of rotatable bonds is 5. The fourth-order valence-corrected chi connectivity index (χ4v) is 3.15. The third kappa shape index (κ3) is 3.08. The van der Waals surface area contributed by atoms with Crippen molar-refractivity contribution in [3.63, 3.8) is 0 Å². The standard InChI is InChI=1S/C19H17FN2O4/c20-14-4-2-1-3-12(14)7-8-22-18(23)10-15(19(22)24)21-13-5-6-16-17(9-13)26-11-25-16/h1-6,9,15,21H,7-8,10-11H2/t15-/m0/s1. The van der Waals surface area contributed by atoms with Gasteiger partial charge in [-0.1, -0.05) is 18.2 Å². The quantitative estimate of drug-likeness (QED) is 0.833. The first-order chi connectivity index (χ1) is 12.6. The number of amides is 2. The molecule has 7 heteroatoms. The van der Waals surface area contributed by atoms with Crippen LogP contribution in [0.15, 0.2) is 42.5 Å². The Morgan fingerprint density at radius 2 is 1.92 bits per heavy atom. The van der Waals surface area contributed by atoms with Crippen LogP contribution in [0.1, 0.15) is 12.0 Å². The molecule has 26 heavy (non-hydrogen) atoms. The van der Waals surface area contributed by atoms with E-state index < -0.39 is 6.04 Å². The van der Waals surface area contributed by atoms with Crippen molar-refractivity contribution in [3.05, 3.63) is 53.8 Å². The average Bonchev–Trinajstić information content (AvgIpc) is 3.19. The summed E-state index contributed by atoms with van der Waals surface area (Å²) in [5.41, 5.74) is 1.16. The zero-order valence-electron chi connectivity index (χ0n) is 13.9. The van der Waals surface area contributed by atoms with Crippen molar-refractivity contribution in [2.75, 3.05) is 18.7 Å². The molecule has 0 radical (unpaired) electrons. The van der Waals surface area contributed by atoms with Gasteiger partial charge in [-0.2, -0.15) is 0 Å². The zero-order chi connectivity index (χ0) is 18.1. The van der Waals surface area contributed by atoms with Gasteiger partial charge in [0, 0.05) is 18.3 Å². The molecule has 2 heterocycles. The first kappa shape index (κ1) is 16.4. The largest absolute Gasteiger partial charge is 0.454 e. The molecule has 134 valence electrons. The highest BCUT2D eigenvalue weighted by Gasteiger charge is 2.38. The summed E-state index contributed by atoms with van der Waals surface area (Å²) in [6, 6.07) is 11.0. The molecule has 6 nitrogen and oxygen atoms in total. The van der Waals surface area contributed by atoms with Gasteiger partial charge in [0.1, 0.15) is 11.9 Å². The summed E-state index contributed by atoms with van der Waals surface area (Å²) in [4.78, 5) is 26.0. The summed E-state index contributed by atoms with van der Waals surface area (Å²) in [6.45, 7) is 0.335. The number of halogens is 1. The van der Waals surface area contributed by atoms with E-state index in [1.807, 2.05) is 0 Å². The van der Waals surface area contributed by atoms with E-state index >= 15 is 0 Å². The van der Waals surface area contributed by atoms with Crippen molar-refractivity contribution >= 4 is 17.5 Å². The molecule has 0 aliphatic carbocycles. The highest BCUT2D eigenvalue weighted by atomic mass is 19.1. The third-order valence-electron chi connectivity index (χ3n) is 4.52. The maximum Gasteiger partial charge on any atom is 0.252 e. The van der Waals surface area contributed by atoms with Crippen LogP contribution in [0.5, 0.6) is 11.5 Å². The number of carbonyl (C=O) groups excluding carboxylic acids is 2. The maximum atomic E-state index is 13.7. The van der Waals surface area contributed by atoms with Crippen molar-refractivity contribution in [3.8, 4) is 11.5 Å². The van der Waals surface area contributed by atoms with Gasteiger partial charge in [-0.3, -0.25) is 14.5 Å². The Hall–Kier alpha value is -3.09. The van der Waals surface area contributed by atoms with E-state index in [1.54, 1.807) is 36.4 Å². The van der Waals surface area contributed by atoms with E-state index in [1.165, 1.54) is 11.0 Å². The third-order valence-corrected chi connectivity index (χ3v) is 4.52. The molecule has 2 aliphatic rings. The van der Waals surface area contributed by atoms with Gasteiger partial charge in [0.2, 0.25) is 12.7 Å². The van der Waals surface area contributed by atoms with Crippen LogP contribution in [0.2, 0.25) is 0 Å². The zero-order valence-corrected chi connectivity index (χ0v) is 13.9. The van der Waals surface area contributed by atoms with E-state index in [-0.39, 0.29) is 37.4 Å². The lowest BCUT2D eigenvalue weighted by atomic mass is 10.1. The molecule has 2 aromatic rings. The lowest BCUT2D eigenvalue weighted by Gasteiger charge is -2.16.